The molecule has 27 heavy (non-hydrogen) atoms. The maximum Gasteiger partial charge on any atom is 0.344 e. The Hall–Kier alpha value is -2.07. The van der Waals surface area contributed by atoms with Gasteiger partial charge in [-0.25, -0.2) is 13.2 Å². The minimum atomic E-state index is -3.83. The maximum absolute atomic E-state index is 13.0. The van der Waals surface area contributed by atoms with E-state index in [4.69, 9.17) is 9.47 Å². The Bertz CT molecular complexity index is 939. The zero-order valence-corrected chi connectivity index (χ0v) is 16.2. The predicted octanol–water partition coefficient (Wildman–Crippen LogP) is 3.27. The standard InChI is InChI=1S/C18H20O7S2/c1-2-24-17(19)11-25-15-10-6-9-14-16(12-26(20,21)18(14)15)27(22,23)13-7-4-3-5-8-13/h3-10,16,20-21H,2,11-12H2,1H3. The van der Waals surface area contributed by atoms with Crippen molar-refractivity contribution in [1.82, 2.24) is 0 Å². The van der Waals surface area contributed by atoms with Crippen molar-refractivity contribution in [1.29, 1.82) is 0 Å². The van der Waals surface area contributed by atoms with Crippen molar-refractivity contribution in [2.75, 3.05) is 19.0 Å². The van der Waals surface area contributed by atoms with Crippen LogP contribution in [0.2, 0.25) is 0 Å². The van der Waals surface area contributed by atoms with Crippen LogP contribution in [0.5, 0.6) is 5.75 Å². The molecule has 0 spiro atoms. The first-order valence-electron chi connectivity index (χ1n) is 8.23. The Kier molecular flexibility index (Phi) is 5.48. The second kappa shape index (κ2) is 7.51. The lowest BCUT2D eigenvalue weighted by Gasteiger charge is -2.29. The molecule has 2 aromatic carbocycles. The van der Waals surface area contributed by atoms with Gasteiger partial charge in [0.1, 0.15) is 15.9 Å². The van der Waals surface area contributed by atoms with Gasteiger partial charge in [-0.15, -0.1) is 0 Å². The average molecular weight is 412 g/mol. The highest BCUT2D eigenvalue weighted by molar-refractivity contribution is 8.25. The van der Waals surface area contributed by atoms with Crippen LogP contribution in [0.3, 0.4) is 0 Å². The van der Waals surface area contributed by atoms with Crippen molar-refractivity contribution in [3.8, 4) is 5.75 Å². The van der Waals surface area contributed by atoms with Crippen molar-refractivity contribution in [3.63, 3.8) is 0 Å². The summed E-state index contributed by atoms with van der Waals surface area (Å²) in [5, 5.41) is -1.11. The first-order chi connectivity index (χ1) is 12.8. The molecule has 1 aliphatic heterocycles. The third kappa shape index (κ3) is 3.81. The summed E-state index contributed by atoms with van der Waals surface area (Å²) in [6.45, 7) is 1.45. The third-order valence-corrected chi connectivity index (χ3v) is 8.36. The summed E-state index contributed by atoms with van der Waals surface area (Å²) in [5.74, 6) is -0.872. The minimum absolute atomic E-state index is 0.0406. The van der Waals surface area contributed by atoms with Gasteiger partial charge in [-0.2, -0.15) is 10.6 Å². The number of carbonyl (C=O) groups excluding carboxylic acids is 1. The lowest BCUT2D eigenvalue weighted by atomic mass is 10.1. The molecule has 9 heteroatoms. The minimum Gasteiger partial charge on any atom is -0.480 e. The normalized spacial score (nSPS) is 19.1. The molecule has 3 rings (SSSR count). The number of fused-ring (bicyclic) bond motifs is 1. The predicted molar refractivity (Wildman–Crippen MR) is 101 cm³/mol. The van der Waals surface area contributed by atoms with Crippen LogP contribution >= 0.6 is 10.6 Å². The largest absolute Gasteiger partial charge is 0.480 e. The fourth-order valence-corrected chi connectivity index (χ4v) is 7.57. The van der Waals surface area contributed by atoms with Crippen LogP contribution in [0.1, 0.15) is 17.7 Å². The number of rotatable bonds is 6. The summed E-state index contributed by atoms with van der Waals surface area (Å²) in [6.07, 6.45) is 0. The van der Waals surface area contributed by atoms with Crippen molar-refractivity contribution in [2.45, 2.75) is 22.0 Å². The van der Waals surface area contributed by atoms with Crippen LogP contribution in [-0.4, -0.2) is 42.5 Å². The molecule has 2 N–H and O–H groups in total. The van der Waals surface area contributed by atoms with Gasteiger partial charge in [0.2, 0.25) is 0 Å². The Morgan fingerprint density at radius 3 is 2.52 bits per heavy atom. The first-order valence-corrected chi connectivity index (χ1v) is 11.5. The Morgan fingerprint density at radius 1 is 1.15 bits per heavy atom. The van der Waals surface area contributed by atoms with E-state index in [9.17, 15) is 22.3 Å². The molecular formula is C18H20O7S2. The number of esters is 1. The second-order valence-corrected chi connectivity index (χ2v) is 10.2. The summed E-state index contributed by atoms with van der Waals surface area (Å²) in [5.41, 5.74) is 0.278. The van der Waals surface area contributed by atoms with Crippen molar-refractivity contribution < 1.29 is 31.8 Å². The van der Waals surface area contributed by atoms with Gasteiger partial charge in [0.15, 0.2) is 16.4 Å². The molecular weight excluding hydrogens is 392 g/mol. The number of sulfone groups is 1. The molecule has 0 saturated heterocycles. The van der Waals surface area contributed by atoms with Gasteiger partial charge < -0.3 is 9.47 Å². The molecule has 1 unspecified atom stereocenters. The number of ether oxygens (including phenoxy) is 2. The molecule has 0 bridgehead atoms. The molecule has 0 amide bonds. The zero-order chi connectivity index (χ0) is 19.7. The fraction of sp³-hybridized carbons (Fsp3) is 0.278. The van der Waals surface area contributed by atoms with Crippen LogP contribution in [-0.2, 0) is 19.4 Å². The second-order valence-electron chi connectivity index (χ2n) is 5.95. The van der Waals surface area contributed by atoms with E-state index in [2.05, 4.69) is 0 Å². The number of carbonyl (C=O) groups is 1. The van der Waals surface area contributed by atoms with Gasteiger partial charge in [0, 0.05) is 0 Å². The molecule has 0 fully saturated rings. The highest BCUT2D eigenvalue weighted by atomic mass is 32.3. The molecule has 1 heterocycles. The van der Waals surface area contributed by atoms with E-state index in [0.717, 1.165) is 0 Å². The number of hydrogen-bond donors (Lipinski definition) is 2. The van der Waals surface area contributed by atoms with Crippen LogP contribution < -0.4 is 4.74 Å². The number of hydrogen-bond acceptors (Lipinski definition) is 7. The van der Waals surface area contributed by atoms with Crippen LogP contribution in [0.4, 0.5) is 0 Å². The average Bonchev–Trinajstić information content (AvgIpc) is 2.93. The maximum atomic E-state index is 13.0. The van der Waals surface area contributed by atoms with E-state index >= 15 is 0 Å². The molecule has 1 atom stereocenters. The summed E-state index contributed by atoms with van der Waals surface area (Å²) in [7, 11) is -7.22. The zero-order valence-electron chi connectivity index (χ0n) is 14.6. The molecule has 0 radical (unpaired) electrons. The van der Waals surface area contributed by atoms with Gasteiger partial charge in [0.05, 0.1) is 17.3 Å². The van der Waals surface area contributed by atoms with Crippen molar-refractivity contribution in [3.05, 3.63) is 54.1 Å². The van der Waals surface area contributed by atoms with Crippen LogP contribution in [0.15, 0.2) is 58.3 Å². The molecule has 0 aromatic heterocycles. The molecule has 2 aromatic rings. The molecule has 1 aliphatic rings. The summed E-state index contributed by atoms with van der Waals surface area (Å²) in [6, 6.07) is 12.5. The van der Waals surface area contributed by atoms with E-state index in [0.29, 0.717) is 0 Å². The third-order valence-electron chi connectivity index (χ3n) is 4.16. The fourth-order valence-electron chi connectivity index (χ4n) is 3.00. The summed E-state index contributed by atoms with van der Waals surface area (Å²) >= 11 is 0. The van der Waals surface area contributed by atoms with E-state index in [1.165, 1.54) is 18.2 Å². The Labute approximate surface area is 159 Å². The van der Waals surface area contributed by atoms with Crippen LogP contribution in [0, 0.1) is 0 Å². The van der Waals surface area contributed by atoms with Gasteiger partial charge in [0.25, 0.3) is 0 Å². The summed E-state index contributed by atoms with van der Waals surface area (Å²) < 4.78 is 57.3. The smallest absolute Gasteiger partial charge is 0.344 e. The lowest BCUT2D eigenvalue weighted by molar-refractivity contribution is -0.145. The lowest BCUT2D eigenvalue weighted by Crippen LogP contribution is -2.15. The topological polar surface area (TPSA) is 110 Å². The van der Waals surface area contributed by atoms with E-state index in [-0.39, 0.29) is 33.5 Å². The SMILES string of the molecule is CCOC(=O)COc1cccc2c1S(O)(O)CC2S(=O)(=O)c1ccccc1. The molecule has 0 saturated carbocycles. The van der Waals surface area contributed by atoms with E-state index < -0.39 is 38.3 Å². The van der Waals surface area contributed by atoms with Crippen molar-refractivity contribution >= 4 is 26.4 Å². The number of benzene rings is 2. The summed E-state index contributed by atoms with van der Waals surface area (Å²) in [4.78, 5) is 11.7. The first kappa shape index (κ1) is 19.7. The quantitative estimate of drug-likeness (QED) is 0.701. The van der Waals surface area contributed by atoms with E-state index in [1.54, 1.807) is 37.3 Å². The van der Waals surface area contributed by atoms with Crippen molar-refractivity contribution in [2.24, 2.45) is 0 Å². The van der Waals surface area contributed by atoms with Gasteiger partial charge in [-0.05, 0) is 30.7 Å². The highest BCUT2D eigenvalue weighted by Crippen LogP contribution is 2.64. The Balaban J connectivity index is 1.99. The Morgan fingerprint density at radius 2 is 1.85 bits per heavy atom. The highest BCUT2D eigenvalue weighted by Gasteiger charge is 2.44. The molecule has 146 valence electrons. The molecule has 0 aliphatic carbocycles. The molecule has 7 nitrogen and oxygen atoms in total. The van der Waals surface area contributed by atoms with Crippen LogP contribution in [0.25, 0.3) is 0 Å². The van der Waals surface area contributed by atoms with E-state index in [1.807, 2.05) is 0 Å². The van der Waals surface area contributed by atoms with Gasteiger partial charge >= 0.3 is 5.97 Å². The van der Waals surface area contributed by atoms with Gasteiger partial charge in [-0.3, -0.25) is 9.11 Å². The monoisotopic (exact) mass is 412 g/mol. The van der Waals surface area contributed by atoms with Gasteiger partial charge in [-0.1, -0.05) is 30.3 Å².